The molecule has 4 heteroatoms. The second kappa shape index (κ2) is 7.13. The highest BCUT2D eigenvalue weighted by atomic mass is 127. The summed E-state index contributed by atoms with van der Waals surface area (Å²) in [6.45, 7) is 2.89. The highest BCUT2D eigenvalue weighted by Gasteiger charge is 2.17. The minimum absolute atomic E-state index is 0.127. The highest BCUT2D eigenvalue weighted by Crippen LogP contribution is 2.27. The average Bonchev–Trinajstić information content (AvgIpc) is 2.41. The Labute approximate surface area is 131 Å². The number of benzene rings is 2. The Balaban J connectivity index is 2.41. The fourth-order valence-electron chi connectivity index (χ4n) is 2.12. The van der Waals surface area contributed by atoms with Crippen LogP contribution in [0.4, 0.5) is 8.78 Å². The van der Waals surface area contributed by atoms with Crippen molar-refractivity contribution in [1.82, 2.24) is 5.32 Å². The van der Waals surface area contributed by atoms with Gasteiger partial charge in [-0.15, -0.1) is 0 Å². The predicted molar refractivity (Wildman–Crippen MR) is 85.7 cm³/mol. The molecular formula is C16H16F2IN. The fourth-order valence-corrected chi connectivity index (χ4v) is 2.91. The third-order valence-corrected chi connectivity index (χ3v) is 3.99. The van der Waals surface area contributed by atoms with E-state index >= 15 is 0 Å². The molecule has 2 aromatic carbocycles. The van der Waals surface area contributed by atoms with E-state index in [1.807, 2.05) is 6.07 Å². The van der Waals surface area contributed by atoms with Crippen LogP contribution in [0.3, 0.4) is 0 Å². The molecule has 1 nitrogen and oxygen atoms in total. The van der Waals surface area contributed by atoms with E-state index in [9.17, 15) is 8.78 Å². The molecule has 0 aliphatic rings. The Morgan fingerprint density at radius 1 is 1.10 bits per heavy atom. The van der Waals surface area contributed by atoms with E-state index in [2.05, 4.69) is 34.8 Å². The molecule has 2 aromatic rings. The number of hydrogen-bond donors (Lipinski definition) is 1. The Bertz CT molecular complexity index is 586. The van der Waals surface area contributed by atoms with Gasteiger partial charge in [-0.25, -0.2) is 8.78 Å². The van der Waals surface area contributed by atoms with Crippen molar-refractivity contribution < 1.29 is 8.78 Å². The topological polar surface area (TPSA) is 12.0 Å². The molecule has 1 atom stereocenters. The molecule has 1 unspecified atom stereocenters. The molecule has 0 heterocycles. The quantitative estimate of drug-likeness (QED) is 0.737. The maximum atomic E-state index is 13.4. The fraction of sp³-hybridized carbons (Fsp3) is 0.250. The van der Waals surface area contributed by atoms with E-state index in [4.69, 9.17) is 0 Å². The molecule has 0 saturated heterocycles. The van der Waals surface area contributed by atoms with Crippen LogP contribution in [0.15, 0.2) is 42.5 Å². The number of nitrogens with one attached hydrogen (secondary N) is 1. The first-order valence-corrected chi connectivity index (χ1v) is 7.63. The van der Waals surface area contributed by atoms with Gasteiger partial charge in [0.1, 0.15) is 11.6 Å². The molecule has 0 aliphatic heterocycles. The van der Waals surface area contributed by atoms with Crippen molar-refractivity contribution in [2.45, 2.75) is 19.4 Å². The normalized spacial score (nSPS) is 12.4. The van der Waals surface area contributed by atoms with Crippen LogP contribution in [-0.2, 0) is 0 Å². The molecule has 2 rings (SSSR count). The standard InChI is InChI=1S/C16H16F2IN/c1-2-8-20-16(11-4-3-5-12(17)9-11)14-7-6-13(18)10-15(14)19/h3-7,9-10,16,20H,2,8H2,1H3. The molecule has 1 N–H and O–H groups in total. The average molecular weight is 387 g/mol. The van der Waals surface area contributed by atoms with Gasteiger partial charge >= 0.3 is 0 Å². The lowest BCUT2D eigenvalue weighted by Gasteiger charge is -2.21. The van der Waals surface area contributed by atoms with Gasteiger partial charge in [-0.2, -0.15) is 0 Å². The Morgan fingerprint density at radius 2 is 1.85 bits per heavy atom. The summed E-state index contributed by atoms with van der Waals surface area (Å²) < 4.78 is 27.5. The van der Waals surface area contributed by atoms with Crippen molar-refractivity contribution in [1.29, 1.82) is 0 Å². The third kappa shape index (κ3) is 3.76. The van der Waals surface area contributed by atoms with Crippen LogP contribution in [0, 0.1) is 15.2 Å². The van der Waals surface area contributed by atoms with Crippen molar-refractivity contribution in [3.8, 4) is 0 Å². The zero-order valence-corrected chi connectivity index (χ0v) is 13.3. The van der Waals surface area contributed by atoms with E-state index in [1.54, 1.807) is 12.1 Å². The molecule has 0 saturated carbocycles. The van der Waals surface area contributed by atoms with Crippen LogP contribution < -0.4 is 5.32 Å². The van der Waals surface area contributed by atoms with Gasteiger partial charge in [-0.05, 0) is 70.9 Å². The summed E-state index contributed by atoms with van der Waals surface area (Å²) in [5, 5.41) is 3.40. The van der Waals surface area contributed by atoms with Gasteiger partial charge in [0.05, 0.1) is 6.04 Å². The molecule has 0 fully saturated rings. The van der Waals surface area contributed by atoms with Gasteiger partial charge in [-0.1, -0.05) is 25.1 Å². The van der Waals surface area contributed by atoms with E-state index < -0.39 is 0 Å². The van der Waals surface area contributed by atoms with Crippen molar-refractivity contribution in [2.75, 3.05) is 6.54 Å². The lowest BCUT2D eigenvalue weighted by molar-refractivity contribution is 0.580. The molecule has 0 aliphatic carbocycles. The Hall–Kier alpha value is -1.01. The zero-order chi connectivity index (χ0) is 14.5. The van der Waals surface area contributed by atoms with Gasteiger partial charge in [0.2, 0.25) is 0 Å². The van der Waals surface area contributed by atoms with Crippen molar-refractivity contribution >= 4 is 22.6 Å². The van der Waals surface area contributed by atoms with Gasteiger partial charge in [0, 0.05) is 3.57 Å². The first-order valence-electron chi connectivity index (χ1n) is 6.55. The zero-order valence-electron chi connectivity index (χ0n) is 11.2. The SMILES string of the molecule is CCCNC(c1cccc(F)c1)c1ccc(F)cc1I. The molecule has 0 bridgehead atoms. The van der Waals surface area contributed by atoms with E-state index in [0.29, 0.717) is 0 Å². The van der Waals surface area contributed by atoms with E-state index in [0.717, 1.165) is 27.7 Å². The van der Waals surface area contributed by atoms with Gasteiger partial charge < -0.3 is 5.32 Å². The maximum absolute atomic E-state index is 13.4. The predicted octanol–water partition coefficient (Wildman–Crippen LogP) is 4.66. The minimum Gasteiger partial charge on any atom is -0.306 e. The van der Waals surface area contributed by atoms with E-state index in [1.165, 1.54) is 24.3 Å². The van der Waals surface area contributed by atoms with Crippen LogP contribution >= 0.6 is 22.6 Å². The summed E-state index contributed by atoms with van der Waals surface area (Å²) >= 11 is 2.11. The van der Waals surface area contributed by atoms with Crippen molar-refractivity contribution in [3.63, 3.8) is 0 Å². The molecule has 0 radical (unpaired) electrons. The first kappa shape index (κ1) is 15.4. The summed E-state index contributed by atoms with van der Waals surface area (Å²) in [7, 11) is 0. The maximum Gasteiger partial charge on any atom is 0.124 e. The summed E-state index contributed by atoms with van der Waals surface area (Å²) in [6.07, 6.45) is 0.976. The molecule has 0 spiro atoms. The summed E-state index contributed by atoms with van der Waals surface area (Å²) in [4.78, 5) is 0. The molecule has 106 valence electrons. The Morgan fingerprint density at radius 3 is 2.50 bits per heavy atom. The van der Waals surface area contributed by atoms with Crippen molar-refractivity contribution in [3.05, 3.63) is 68.8 Å². The van der Waals surface area contributed by atoms with Crippen molar-refractivity contribution in [2.24, 2.45) is 0 Å². The minimum atomic E-state index is -0.261. The lowest BCUT2D eigenvalue weighted by Crippen LogP contribution is -2.24. The molecule has 0 amide bonds. The van der Waals surface area contributed by atoms with Crippen LogP contribution in [0.5, 0.6) is 0 Å². The van der Waals surface area contributed by atoms with E-state index in [-0.39, 0.29) is 17.7 Å². The summed E-state index contributed by atoms with van der Waals surface area (Å²) in [6, 6.07) is 11.1. The third-order valence-electron chi connectivity index (χ3n) is 3.05. The second-order valence-electron chi connectivity index (χ2n) is 4.61. The number of rotatable bonds is 5. The smallest absolute Gasteiger partial charge is 0.124 e. The molecule has 20 heavy (non-hydrogen) atoms. The molecule has 0 aromatic heterocycles. The monoisotopic (exact) mass is 387 g/mol. The Kier molecular flexibility index (Phi) is 5.48. The highest BCUT2D eigenvalue weighted by molar-refractivity contribution is 14.1. The summed E-state index contributed by atoms with van der Waals surface area (Å²) in [5.41, 5.74) is 1.81. The first-order chi connectivity index (χ1) is 9.61. The second-order valence-corrected chi connectivity index (χ2v) is 5.77. The lowest BCUT2D eigenvalue weighted by atomic mass is 9.98. The van der Waals surface area contributed by atoms with Crippen LogP contribution in [0.1, 0.15) is 30.5 Å². The van der Waals surface area contributed by atoms with Crippen LogP contribution in [0.25, 0.3) is 0 Å². The van der Waals surface area contributed by atoms with Gasteiger partial charge in [0.25, 0.3) is 0 Å². The summed E-state index contributed by atoms with van der Waals surface area (Å²) in [5.74, 6) is -0.519. The number of halogens is 3. The van der Waals surface area contributed by atoms with Crippen LogP contribution in [-0.4, -0.2) is 6.54 Å². The van der Waals surface area contributed by atoms with Gasteiger partial charge in [0.15, 0.2) is 0 Å². The van der Waals surface area contributed by atoms with Gasteiger partial charge in [-0.3, -0.25) is 0 Å². The number of hydrogen-bond acceptors (Lipinski definition) is 1. The van der Waals surface area contributed by atoms with Crippen LogP contribution in [0.2, 0.25) is 0 Å². The largest absolute Gasteiger partial charge is 0.306 e. The molecular weight excluding hydrogens is 371 g/mol.